The highest BCUT2D eigenvalue weighted by Gasteiger charge is 2.34. The molecule has 5 nitrogen and oxygen atoms in total. The zero-order valence-electron chi connectivity index (χ0n) is 14.1. The van der Waals surface area contributed by atoms with Crippen LogP contribution in [0, 0.1) is 0 Å². The van der Waals surface area contributed by atoms with E-state index >= 15 is 0 Å². The van der Waals surface area contributed by atoms with E-state index in [2.05, 4.69) is 14.9 Å². The Balaban J connectivity index is 1.61. The lowest BCUT2D eigenvalue weighted by molar-refractivity contribution is -0.137. The first-order valence-corrected chi connectivity index (χ1v) is 8.43. The van der Waals surface area contributed by atoms with Crippen molar-refractivity contribution in [1.82, 2.24) is 14.9 Å². The average Bonchev–Trinajstić information content (AvgIpc) is 2.62. The van der Waals surface area contributed by atoms with Gasteiger partial charge in [-0.1, -0.05) is 11.6 Å². The van der Waals surface area contributed by atoms with Gasteiger partial charge in [0.1, 0.15) is 0 Å². The lowest BCUT2D eigenvalue weighted by Gasteiger charge is -2.36. The van der Waals surface area contributed by atoms with Crippen LogP contribution < -0.4 is 9.64 Å². The Bertz CT molecular complexity index is 747. The number of halogens is 4. The number of benzene rings is 1. The molecule has 1 aliphatic rings. The fourth-order valence-electron chi connectivity index (χ4n) is 2.88. The molecule has 140 valence electrons. The zero-order chi connectivity index (χ0) is 18.7. The van der Waals surface area contributed by atoms with Crippen LogP contribution in [0.25, 0.3) is 0 Å². The van der Waals surface area contributed by atoms with Gasteiger partial charge < -0.3 is 9.64 Å². The van der Waals surface area contributed by atoms with Crippen LogP contribution in [-0.2, 0) is 12.7 Å². The van der Waals surface area contributed by atoms with Crippen LogP contribution in [0.15, 0.2) is 30.6 Å². The maximum atomic E-state index is 13.0. The normalized spacial score (nSPS) is 16.0. The standard InChI is InChI=1S/C17H18ClF3N4O/c1-26-16-22-9-12(10-23-16)11-24-4-6-25(7-5-24)13-2-3-15(18)14(8-13)17(19,20)21/h2-3,8-10H,4-7,11H2,1H3. The maximum Gasteiger partial charge on any atom is 0.417 e. The summed E-state index contributed by atoms with van der Waals surface area (Å²) in [5.41, 5.74) is 0.703. The minimum absolute atomic E-state index is 0.278. The summed E-state index contributed by atoms with van der Waals surface area (Å²) in [5.74, 6) is 0. The molecule has 1 aromatic carbocycles. The number of alkyl halides is 3. The second-order valence-corrected chi connectivity index (χ2v) is 6.41. The van der Waals surface area contributed by atoms with Crippen molar-refractivity contribution in [3.8, 4) is 6.01 Å². The van der Waals surface area contributed by atoms with Crippen LogP contribution in [0.2, 0.25) is 5.02 Å². The van der Waals surface area contributed by atoms with Gasteiger partial charge in [-0.25, -0.2) is 9.97 Å². The highest BCUT2D eigenvalue weighted by molar-refractivity contribution is 6.31. The van der Waals surface area contributed by atoms with Crippen molar-refractivity contribution in [2.75, 3.05) is 38.2 Å². The van der Waals surface area contributed by atoms with Crippen molar-refractivity contribution in [3.05, 3.63) is 46.7 Å². The van der Waals surface area contributed by atoms with E-state index < -0.39 is 11.7 Å². The molecule has 0 bridgehead atoms. The lowest BCUT2D eigenvalue weighted by atomic mass is 10.1. The lowest BCUT2D eigenvalue weighted by Crippen LogP contribution is -2.46. The Hall–Kier alpha value is -2.06. The molecule has 0 spiro atoms. The van der Waals surface area contributed by atoms with Gasteiger partial charge in [0.15, 0.2) is 0 Å². The minimum atomic E-state index is -4.46. The minimum Gasteiger partial charge on any atom is -0.467 e. The van der Waals surface area contributed by atoms with Gasteiger partial charge in [0, 0.05) is 56.4 Å². The first kappa shape index (κ1) is 18.7. The molecule has 9 heteroatoms. The number of rotatable bonds is 4. The van der Waals surface area contributed by atoms with E-state index in [1.807, 2.05) is 4.90 Å². The van der Waals surface area contributed by atoms with Crippen molar-refractivity contribution in [1.29, 1.82) is 0 Å². The topological polar surface area (TPSA) is 41.5 Å². The predicted octanol–water partition coefficient (Wildman–Crippen LogP) is 3.48. The Morgan fingerprint density at radius 2 is 1.77 bits per heavy atom. The predicted molar refractivity (Wildman–Crippen MR) is 92.5 cm³/mol. The van der Waals surface area contributed by atoms with Gasteiger partial charge >= 0.3 is 12.2 Å². The monoisotopic (exact) mass is 386 g/mol. The quantitative estimate of drug-likeness (QED) is 0.804. The van der Waals surface area contributed by atoms with Gasteiger partial charge in [0.05, 0.1) is 17.7 Å². The van der Waals surface area contributed by atoms with Crippen LogP contribution >= 0.6 is 11.6 Å². The molecule has 1 saturated heterocycles. The maximum absolute atomic E-state index is 13.0. The first-order valence-electron chi connectivity index (χ1n) is 8.06. The van der Waals surface area contributed by atoms with E-state index in [0.29, 0.717) is 31.3 Å². The second-order valence-electron chi connectivity index (χ2n) is 6.00. The fraction of sp³-hybridized carbons (Fsp3) is 0.412. The molecule has 1 aromatic heterocycles. The van der Waals surface area contributed by atoms with Gasteiger partial charge in [-0.15, -0.1) is 0 Å². The third-order valence-corrected chi connectivity index (χ3v) is 4.59. The molecular formula is C17H18ClF3N4O. The number of nitrogens with zero attached hydrogens (tertiary/aromatic N) is 4. The Labute approximate surface area is 154 Å². The molecule has 0 aliphatic carbocycles. The van der Waals surface area contributed by atoms with Crippen molar-refractivity contribution < 1.29 is 17.9 Å². The Morgan fingerprint density at radius 1 is 1.12 bits per heavy atom. The highest BCUT2D eigenvalue weighted by Crippen LogP contribution is 2.37. The molecule has 3 rings (SSSR count). The number of anilines is 1. The summed E-state index contributed by atoms with van der Waals surface area (Å²) in [4.78, 5) is 12.3. The van der Waals surface area contributed by atoms with Crippen molar-refractivity contribution in [2.45, 2.75) is 12.7 Å². The van der Waals surface area contributed by atoms with Crippen LogP contribution in [0.4, 0.5) is 18.9 Å². The number of ether oxygens (including phenoxy) is 1. The van der Waals surface area contributed by atoms with Crippen molar-refractivity contribution in [3.63, 3.8) is 0 Å². The molecule has 0 atom stereocenters. The van der Waals surface area contributed by atoms with E-state index in [-0.39, 0.29) is 5.02 Å². The summed E-state index contributed by atoms with van der Waals surface area (Å²) < 4.78 is 44.0. The Kier molecular flexibility index (Phi) is 5.52. The molecule has 1 fully saturated rings. The molecule has 26 heavy (non-hydrogen) atoms. The van der Waals surface area contributed by atoms with Crippen molar-refractivity contribution in [2.24, 2.45) is 0 Å². The summed E-state index contributed by atoms with van der Waals surface area (Å²) in [5, 5.41) is -0.278. The fourth-order valence-corrected chi connectivity index (χ4v) is 3.10. The number of piperazine rings is 1. The zero-order valence-corrected chi connectivity index (χ0v) is 14.9. The van der Waals surface area contributed by atoms with Gasteiger partial charge in [-0.05, 0) is 18.2 Å². The van der Waals surface area contributed by atoms with E-state index in [4.69, 9.17) is 16.3 Å². The summed E-state index contributed by atoms with van der Waals surface area (Å²) in [6.45, 7) is 3.42. The Morgan fingerprint density at radius 3 is 2.35 bits per heavy atom. The van der Waals surface area contributed by atoms with E-state index in [1.54, 1.807) is 18.5 Å². The van der Waals surface area contributed by atoms with Crippen LogP contribution in [0.5, 0.6) is 6.01 Å². The number of aromatic nitrogens is 2. The third kappa shape index (κ3) is 4.37. The smallest absolute Gasteiger partial charge is 0.417 e. The molecule has 0 saturated carbocycles. The number of hydrogen-bond donors (Lipinski definition) is 0. The van der Waals surface area contributed by atoms with E-state index in [0.717, 1.165) is 24.7 Å². The molecule has 2 aromatic rings. The van der Waals surface area contributed by atoms with Crippen LogP contribution in [0.1, 0.15) is 11.1 Å². The van der Waals surface area contributed by atoms with E-state index in [1.165, 1.54) is 13.2 Å². The van der Waals surface area contributed by atoms with Gasteiger partial charge in [-0.3, -0.25) is 4.90 Å². The largest absolute Gasteiger partial charge is 0.467 e. The molecule has 0 unspecified atom stereocenters. The molecule has 0 radical (unpaired) electrons. The number of methoxy groups -OCH3 is 1. The number of hydrogen-bond acceptors (Lipinski definition) is 5. The van der Waals surface area contributed by atoms with Crippen LogP contribution in [0.3, 0.4) is 0 Å². The summed E-state index contributed by atoms with van der Waals surface area (Å²) in [6.07, 6.45) is -1.02. The second kappa shape index (κ2) is 7.67. The van der Waals surface area contributed by atoms with Crippen LogP contribution in [-0.4, -0.2) is 48.2 Å². The summed E-state index contributed by atoms with van der Waals surface area (Å²) in [6, 6.07) is 4.38. The average molecular weight is 387 g/mol. The van der Waals surface area contributed by atoms with Gasteiger partial charge in [0.2, 0.25) is 0 Å². The SMILES string of the molecule is COc1ncc(CN2CCN(c3ccc(Cl)c(C(F)(F)F)c3)CC2)cn1. The summed E-state index contributed by atoms with van der Waals surface area (Å²) >= 11 is 5.69. The third-order valence-electron chi connectivity index (χ3n) is 4.26. The first-order chi connectivity index (χ1) is 12.4. The highest BCUT2D eigenvalue weighted by atomic mass is 35.5. The molecule has 0 N–H and O–H groups in total. The van der Waals surface area contributed by atoms with Gasteiger partial charge in [0.25, 0.3) is 0 Å². The summed E-state index contributed by atoms with van der Waals surface area (Å²) in [7, 11) is 1.51. The van der Waals surface area contributed by atoms with Crippen molar-refractivity contribution >= 4 is 17.3 Å². The molecule has 2 heterocycles. The molecule has 0 amide bonds. The molecule has 1 aliphatic heterocycles. The van der Waals surface area contributed by atoms with E-state index in [9.17, 15) is 13.2 Å². The molecular weight excluding hydrogens is 369 g/mol. The van der Waals surface area contributed by atoms with Gasteiger partial charge in [-0.2, -0.15) is 13.2 Å².